The number of rotatable bonds is 5. The number of aldehydes is 1. The lowest BCUT2D eigenvalue weighted by molar-refractivity contribution is 0.112. The number of hydrogen-bond acceptors (Lipinski definition) is 3. The number of thioether (sulfide) groups is 1. The van der Waals surface area contributed by atoms with E-state index in [1.807, 2.05) is 42.5 Å². The van der Waals surface area contributed by atoms with Crippen molar-refractivity contribution in [3.8, 4) is 0 Å². The molecule has 2 nitrogen and oxygen atoms in total. The van der Waals surface area contributed by atoms with Gasteiger partial charge in [-0.2, -0.15) is 0 Å². The molecule has 0 aliphatic heterocycles. The highest BCUT2D eigenvalue weighted by atomic mass is 32.2. The van der Waals surface area contributed by atoms with Gasteiger partial charge in [-0.05, 0) is 23.3 Å². The smallest absolute Gasteiger partial charge is 0.150 e. The molecule has 0 radical (unpaired) electrons. The number of hydrogen-bond donors (Lipinski definition) is 1. The molecule has 0 aliphatic rings. The number of carbonyl (C=O) groups excluding carboxylic acids is 1. The molecule has 0 heterocycles. The van der Waals surface area contributed by atoms with Crippen molar-refractivity contribution in [1.82, 2.24) is 0 Å². The van der Waals surface area contributed by atoms with Gasteiger partial charge < -0.3 is 5.11 Å². The van der Waals surface area contributed by atoms with Crippen LogP contribution in [0.2, 0.25) is 0 Å². The fraction of sp³-hybridized carbons (Fsp3) is 0.133. The average Bonchev–Trinajstić information content (AvgIpc) is 2.45. The van der Waals surface area contributed by atoms with E-state index < -0.39 is 0 Å². The van der Waals surface area contributed by atoms with Gasteiger partial charge in [0, 0.05) is 16.2 Å². The summed E-state index contributed by atoms with van der Waals surface area (Å²) in [5, 5.41) is 9.07. The standard InChI is InChI=1S/C15H14O2S/c16-9-12-3-1-5-14(7-12)11-18-15-6-2-4-13(8-15)10-17/h1-8,10,16H,9,11H2. The van der Waals surface area contributed by atoms with Gasteiger partial charge in [-0.15, -0.1) is 11.8 Å². The number of carbonyl (C=O) groups is 1. The summed E-state index contributed by atoms with van der Waals surface area (Å²) in [6.45, 7) is 0.0686. The Morgan fingerprint density at radius 2 is 1.83 bits per heavy atom. The van der Waals surface area contributed by atoms with E-state index in [1.165, 1.54) is 5.56 Å². The molecule has 0 unspecified atom stereocenters. The molecule has 0 atom stereocenters. The number of benzene rings is 2. The SMILES string of the molecule is O=Cc1cccc(SCc2cccc(CO)c2)c1. The fourth-order valence-corrected chi connectivity index (χ4v) is 2.57. The normalized spacial score (nSPS) is 10.3. The first-order valence-electron chi connectivity index (χ1n) is 5.68. The van der Waals surface area contributed by atoms with Crippen molar-refractivity contribution < 1.29 is 9.90 Å². The minimum Gasteiger partial charge on any atom is -0.392 e. The third-order valence-electron chi connectivity index (χ3n) is 2.57. The molecule has 92 valence electrons. The maximum Gasteiger partial charge on any atom is 0.150 e. The molecule has 0 fully saturated rings. The van der Waals surface area contributed by atoms with Crippen LogP contribution in [0.1, 0.15) is 21.5 Å². The fourth-order valence-electron chi connectivity index (χ4n) is 1.66. The lowest BCUT2D eigenvalue weighted by Crippen LogP contribution is -1.87. The van der Waals surface area contributed by atoms with Crippen molar-refractivity contribution in [3.63, 3.8) is 0 Å². The van der Waals surface area contributed by atoms with E-state index in [4.69, 9.17) is 5.11 Å². The van der Waals surface area contributed by atoms with E-state index in [1.54, 1.807) is 17.8 Å². The molecule has 0 aliphatic carbocycles. The molecule has 0 saturated carbocycles. The third kappa shape index (κ3) is 3.45. The molecule has 2 aromatic rings. The summed E-state index contributed by atoms with van der Waals surface area (Å²) in [6, 6.07) is 15.4. The summed E-state index contributed by atoms with van der Waals surface area (Å²) < 4.78 is 0. The minimum atomic E-state index is 0.0686. The van der Waals surface area contributed by atoms with Crippen LogP contribution in [0.15, 0.2) is 53.4 Å². The second-order valence-electron chi connectivity index (χ2n) is 3.96. The van der Waals surface area contributed by atoms with Gasteiger partial charge in [0.15, 0.2) is 0 Å². The van der Waals surface area contributed by atoms with Crippen LogP contribution < -0.4 is 0 Å². The zero-order chi connectivity index (χ0) is 12.8. The molecule has 18 heavy (non-hydrogen) atoms. The van der Waals surface area contributed by atoms with Gasteiger partial charge in [-0.25, -0.2) is 0 Å². The molecule has 0 saturated heterocycles. The maximum atomic E-state index is 10.7. The van der Waals surface area contributed by atoms with Crippen LogP contribution in [-0.2, 0) is 12.4 Å². The Bertz CT molecular complexity index is 538. The molecule has 0 amide bonds. The summed E-state index contributed by atoms with van der Waals surface area (Å²) in [4.78, 5) is 11.8. The van der Waals surface area contributed by atoms with E-state index in [9.17, 15) is 4.79 Å². The lowest BCUT2D eigenvalue weighted by Gasteiger charge is -2.04. The molecular weight excluding hydrogens is 244 g/mol. The second-order valence-corrected chi connectivity index (χ2v) is 5.01. The van der Waals surface area contributed by atoms with Crippen LogP contribution >= 0.6 is 11.8 Å². The maximum absolute atomic E-state index is 10.7. The largest absolute Gasteiger partial charge is 0.392 e. The first-order valence-corrected chi connectivity index (χ1v) is 6.67. The van der Waals surface area contributed by atoms with Crippen LogP contribution in [0.25, 0.3) is 0 Å². The van der Waals surface area contributed by atoms with Crippen molar-refractivity contribution in [2.75, 3.05) is 0 Å². The highest BCUT2D eigenvalue weighted by Gasteiger charge is 1.99. The molecule has 0 aromatic heterocycles. The second kappa shape index (κ2) is 6.38. The molecule has 1 N–H and O–H groups in total. The lowest BCUT2D eigenvalue weighted by atomic mass is 10.1. The number of aliphatic hydroxyl groups excluding tert-OH is 1. The van der Waals surface area contributed by atoms with Crippen molar-refractivity contribution in [3.05, 3.63) is 65.2 Å². The first kappa shape index (κ1) is 12.9. The monoisotopic (exact) mass is 258 g/mol. The first-order chi connectivity index (χ1) is 8.81. The van der Waals surface area contributed by atoms with Crippen LogP contribution in [0.5, 0.6) is 0 Å². The highest BCUT2D eigenvalue weighted by Crippen LogP contribution is 2.23. The summed E-state index contributed by atoms with van der Waals surface area (Å²) >= 11 is 1.68. The summed E-state index contributed by atoms with van der Waals surface area (Å²) in [5.74, 6) is 0.830. The van der Waals surface area contributed by atoms with Crippen molar-refractivity contribution >= 4 is 18.0 Å². The topological polar surface area (TPSA) is 37.3 Å². The van der Waals surface area contributed by atoms with E-state index >= 15 is 0 Å². The Kier molecular flexibility index (Phi) is 4.56. The van der Waals surface area contributed by atoms with Gasteiger partial charge in [0.2, 0.25) is 0 Å². The van der Waals surface area contributed by atoms with Crippen LogP contribution in [0, 0.1) is 0 Å². The van der Waals surface area contributed by atoms with E-state index in [-0.39, 0.29) is 6.61 Å². The predicted molar refractivity (Wildman–Crippen MR) is 73.8 cm³/mol. The van der Waals surface area contributed by atoms with E-state index in [0.29, 0.717) is 5.56 Å². The molecular formula is C15H14O2S. The molecule has 2 rings (SSSR count). The number of aliphatic hydroxyl groups is 1. The van der Waals surface area contributed by atoms with Crippen LogP contribution in [-0.4, -0.2) is 11.4 Å². The van der Waals surface area contributed by atoms with Gasteiger partial charge in [-0.1, -0.05) is 36.4 Å². The van der Waals surface area contributed by atoms with Gasteiger partial charge >= 0.3 is 0 Å². The van der Waals surface area contributed by atoms with Crippen molar-refractivity contribution in [2.24, 2.45) is 0 Å². The Labute approximate surface area is 111 Å². The zero-order valence-electron chi connectivity index (χ0n) is 9.87. The minimum absolute atomic E-state index is 0.0686. The van der Waals surface area contributed by atoms with E-state index in [0.717, 1.165) is 22.5 Å². The van der Waals surface area contributed by atoms with Gasteiger partial charge in [-0.3, -0.25) is 4.79 Å². The Balaban J connectivity index is 2.03. The molecule has 3 heteroatoms. The van der Waals surface area contributed by atoms with Crippen LogP contribution in [0.3, 0.4) is 0 Å². The Morgan fingerprint density at radius 1 is 1.06 bits per heavy atom. The van der Waals surface area contributed by atoms with Gasteiger partial charge in [0.25, 0.3) is 0 Å². The Morgan fingerprint density at radius 3 is 2.61 bits per heavy atom. The van der Waals surface area contributed by atoms with Crippen molar-refractivity contribution in [1.29, 1.82) is 0 Å². The quantitative estimate of drug-likeness (QED) is 0.660. The molecule has 0 bridgehead atoms. The zero-order valence-corrected chi connectivity index (χ0v) is 10.7. The molecule has 2 aromatic carbocycles. The highest BCUT2D eigenvalue weighted by molar-refractivity contribution is 7.98. The van der Waals surface area contributed by atoms with Gasteiger partial charge in [0.1, 0.15) is 6.29 Å². The average molecular weight is 258 g/mol. The Hall–Kier alpha value is -1.58. The van der Waals surface area contributed by atoms with Crippen molar-refractivity contribution in [2.45, 2.75) is 17.3 Å². The summed E-state index contributed by atoms with van der Waals surface area (Å²) in [6.07, 6.45) is 0.858. The third-order valence-corrected chi connectivity index (χ3v) is 3.64. The summed E-state index contributed by atoms with van der Waals surface area (Å²) in [7, 11) is 0. The predicted octanol–water partition coefficient (Wildman–Crippen LogP) is 3.28. The van der Waals surface area contributed by atoms with Crippen LogP contribution in [0.4, 0.5) is 0 Å². The molecule has 0 spiro atoms. The van der Waals surface area contributed by atoms with E-state index in [2.05, 4.69) is 0 Å². The van der Waals surface area contributed by atoms with Gasteiger partial charge in [0.05, 0.1) is 6.61 Å². The summed E-state index contributed by atoms with van der Waals surface area (Å²) in [5.41, 5.74) is 2.79.